The summed E-state index contributed by atoms with van der Waals surface area (Å²) >= 11 is 0. The van der Waals surface area contributed by atoms with Crippen molar-refractivity contribution in [3.8, 4) is 0 Å². The van der Waals surface area contributed by atoms with Gasteiger partial charge >= 0.3 is 0 Å². The van der Waals surface area contributed by atoms with Crippen molar-refractivity contribution in [1.82, 2.24) is 4.90 Å². The lowest BCUT2D eigenvalue weighted by Gasteiger charge is -2.43. The molecule has 0 heterocycles. The fraction of sp³-hybridized carbons (Fsp3) is 1.00. The Balaban J connectivity index is 1.96. The zero-order chi connectivity index (χ0) is 12.3. The van der Waals surface area contributed by atoms with Crippen molar-refractivity contribution in [2.45, 2.75) is 64.8 Å². The highest BCUT2D eigenvalue weighted by atomic mass is 15.2. The van der Waals surface area contributed by atoms with Crippen LogP contribution in [0.15, 0.2) is 0 Å². The first-order valence-electron chi connectivity index (χ1n) is 7.63. The summed E-state index contributed by atoms with van der Waals surface area (Å²) in [6, 6.07) is 0.899. The standard InChI is InChI=1S/C15H30N2/c1-3-9-17(14-6-7-14)12-15(11-16)8-4-5-13(2)10-15/h13-14H,3-12,16H2,1-2H3. The van der Waals surface area contributed by atoms with Gasteiger partial charge in [-0.3, -0.25) is 4.90 Å². The molecule has 2 unspecified atom stereocenters. The average molecular weight is 238 g/mol. The van der Waals surface area contributed by atoms with Gasteiger partial charge in [0.25, 0.3) is 0 Å². The molecule has 2 saturated carbocycles. The monoisotopic (exact) mass is 238 g/mol. The molecule has 0 radical (unpaired) electrons. The second-order valence-corrected chi connectivity index (χ2v) is 6.61. The molecule has 17 heavy (non-hydrogen) atoms. The van der Waals surface area contributed by atoms with Crippen LogP contribution in [-0.2, 0) is 0 Å². The lowest BCUT2D eigenvalue weighted by Crippen LogP contribution is -2.46. The Morgan fingerprint density at radius 2 is 2.06 bits per heavy atom. The molecule has 100 valence electrons. The maximum atomic E-state index is 6.14. The molecule has 2 aliphatic rings. The van der Waals surface area contributed by atoms with Crippen LogP contribution >= 0.6 is 0 Å². The number of hydrogen-bond donors (Lipinski definition) is 1. The summed E-state index contributed by atoms with van der Waals surface area (Å²) in [7, 11) is 0. The Morgan fingerprint density at radius 1 is 1.29 bits per heavy atom. The molecule has 0 saturated heterocycles. The lowest BCUT2D eigenvalue weighted by molar-refractivity contribution is 0.0839. The van der Waals surface area contributed by atoms with Crippen LogP contribution < -0.4 is 5.73 Å². The summed E-state index contributed by atoms with van der Waals surface area (Å²) in [4.78, 5) is 2.74. The van der Waals surface area contributed by atoms with E-state index in [9.17, 15) is 0 Å². The average Bonchev–Trinajstić information content (AvgIpc) is 3.12. The van der Waals surface area contributed by atoms with Crippen LogP contribution in [0.5, 0.6) is 0 Å². The van der Waals surface area contributed by atoms with Crippen LogP contribution in [0.4, 0.5) is 0 Å². The normalized spacial score (nSPS) is 34.2. The molecular weight excluding hydrogens is 208 g/mol. The molecular formula is C15H30N2. The summed E-state index contributed by atoms with van der Waals surface area (Å²) < 4.78 is 0. The number of rotatable bonds is 6. The highest BCUT2D eigenvalue weighted by Gasteiger charge is 2.38. The molecule has 0 aromatic heterocycles. The SMILES string of the molecule is CCCN(CC1(CN)CCCC(C)C1)C1CC1. The second kappa shape index (κ2) is 5.71. The van der Waals surface area contributed by atoms with E-state index in [-0.39, 0.29) is 0 Å². The van der Waals surface area contributed by atoms with E-state index < -0.39 is 0 Å². The van der Waals surface area contributed by atoms with Gasteiger partial charge in [-0.2, -0.15) is 0 Å². The van der Waals surface area contributed by atoms with Gasteiger partial charge < -0.3 is 5.73 Å². The fourth-order valence-electron chi connectivity index (χ4n) is 3.71. The molecule has 0 aromatic carbocycles. The third-order valence-electron chi connectivity index (χ3n) is 4.73. The van der Waals surface area contributed by atoms with Gasteiger partial charge in [0.15, 0.2) is 0 Å². The van der Waals surface area contributed by atoms with Crippen molar-refractivity contribution in [2.24, 2.45) is 17.1 Å². The Labute approximate surface area is 107 Å². The molecule has 0 amide bonds. The smallest absolute Gasteiger partial charge is 0.00966 e. The van der Waals surface area contributed by atoms with Crippen molar-refractivity contribution >= 4 is 0 Å². The van der Waals surface area contributed by atoms with E-state index in [4.69, 9.17) is 5.73 Å². The van der Waals surface area contributed by atoms with E-state index in [2.05, 4.69) is 18.7 Å². The van der Waals surface area contributed by atoms with Crippen LogP contribution in [0.25, 0.3) is 0 Å². The minimum Gasteiger partial charge on any atom is -0.330 e. The number of nitrogens with two attached hydrogens (primary N) is 1. The Kier molecular flexibility index (Phi) is 4.48. The molecule has 2 rings (SSSR count). The molecule has 2 atom stereocenters. The minimum absolute atomic E-state index is 0.440. The van der Waals surface area contributed by atoms with Gasteiger partial charge in [-0.25, -0.2) is 0 Å². The van der Waals surface area contributed by atoms with E-state index in [0.717, 1.165) is 18.5 Å². The molecule has 2 fully saturated rings. The molecule has 2 nitrogen and oxygen atoms in total. The Morgan fingerprint density at radius 3 is 2.59 bits per heavy atom. The van der Waals surface area contributed by atoms with Crippen molar-refractivity contribution in [2.75, 3.05) is 19.6 Å². The van der Waals surface area contributed by atoms with Gasteiger partial charge in [-0.1, -0.05) is 26.7 Å². The van der Waals surface area contributed by atoms with Gasteiger partial charge in [-0.05, 0) is 56.5 Å². The quantitative estimate of drug-likeness (QED) is 0.771. The summed E-state index contributed by atoms with van der Waals surface area (Å²) in [5, 5.41) is 0. The first-order chi connectivity index (χ1) is 8.19. The Hall–Kier alpha value is -0.0800. The van der Waals surface area contributed by atoms with Crippen LogP contribution in [0.2, 0.25) is 0 Å². The van der Waals surface area contributed by atoms with Crippen molar-refractivity contribution in [1.29, 1.82) is 0 Å². The minimum atomic E-state index is 0.440. The van der Waals surface area contributed by atoms with Crippen LogP contribution in [0, 0.1) is 11.3 Å². The maximum Gasteiger partial charge on any atom is 0.00966 e. The molecule has 0 spiro atoms. The zero-order valence-electron chi connectivity index (χ0n) is 11.8. The van der Waals surface area contributed by atoms with E-state index in [1.807, 2.05) is 0 Å². The summed E-state index contributed by atoms with van der Waals surface area (Å²) in [6.45, 7) is 8.15. The van der Waals surface area contributed by atoms with Crippen molar-refractivity contribution in [3.63, 3.8) is 0 Å². The highest BCUT2D eigenvalue weighted by Crippen LogP contribution is 2.41. The predicted octanol–water partition coefficient (Wildman–Crippen LogP) is 3.02. The van der Waals surface area contributed by atoms with E-state index in [1.54, 1.807) is 0 Å². The van der Waals surface area contributed by atoms with Crippen molar-refractivity contribution < 1.29 is 0 Å². The van der Waals surface area contributed by atoms with Gasteiger partial charge in [0.1, 0.15) is 0 Å². The van der Waals surface area contributed by atoms with E-state index in [0.29, 0.717) is 5.41 Å². The summed E-state index contributed by atoms with van der Waals surface area (Å²) in [5.41, 5.74) is 6.58. The fourth-order valence-corrected chi connectivity index (χ4v) is 3.71. The molecule has 0 aliphatic heterocycles. The number of nitrogens with zero attached hydrogens (tertiary/aromatic N) is 1. The first kappa shape index (κ1) is 13.4. The van der Waals surface area contributed by atoms with Gasteiger partial charge in [0, 0.05) is 12.6 Å². The molecule has 2 heteroatoms. The molecule has 2 N–H and O–H groups in total. The molecule has 0 aromatic rings. The van der Waals surface area contributed by atoms with Crippen LogP contribution in [0.1, 0.15) is 58.8 Å². The van der Waals surface area contributed by atoms with Crippen LogP contribution in [0.3, 0.4) is 0 Å². The van der Waals surface area contributed by atoms with Gasteiger partial charge in [-0.15, -0.1) is 0 Å². The van der Waals surface area contributed by atoms with E-state index >= 15 is 0 Å². The van der Waals surface area contributed by atoms with E-state index in [1.165, 1.54) is 58.0 Å². The summed E-state index contributed by atoms with van der Waals surface area (Å²) in [6.07, 6.45) is 9.66. The highest BCUT2D eigenvalue weighted by molar-refractivity contribution is 4.93. The Bertz CT molecular complexity index is 237. The second-order valence-electron chi connectivity index (χ2n) is 6.61. The largest absolute Gasteiger partial charge is 0.330 e. The van der Waals surface area contributed by atoms with Crippen molar-refractivity contribution in [3.05, 3.63) is 0 Å². The lowest BCUT2D eigenvalue weighted by atomic mass is 9.69. The van der Waals surface area contributed by atoms with Crippen LogP contribution in [-0.4, -0.2) is 30.6 Å². The van der Waals surface area contributed by atoms with Gasteiger partial charge in [0.2, 0.25) is 0 Å². The zero-order valence-corrected chi connectivity index (χ0v) is 11.8. The van der Waals surface area contributed by atoms with Gasteiger partial charge in [0.05, 0.1) is 0 Å². The predicted molar refractivity (Wildman–Crippen MR) is 74.0 cm³/mol. The summed E-state index contributed by atoms with van der Waals surface area (Å²) in [5.74, 6) is 0.884. The third kappa shape index (κ3) is 3.45. The molecule has 0 bridgehead atoms. The topological polar surface area (TPSA) is 29.3 Å². The molecule has 2 aliphatic carbocycles. The third-order valence-corrected chi connectivity index (χ3v) is 4.73. The maximum absolute atomic E-state index is 6.14. The first-order valence-corrected chi connectivity index (χ1v) is 7.63. The number of hydrogen-bond acceptors (Lipinski definition) is 2.